The van der Waals surface area contributed by atoms with Gasteiger partial charge in [0.2, 0.25) is 0 Å². The minimum Gasteiger partial charge on any atom is -0.497 e. The molecule has 0 saturated heterocycles. The van der Waals surface area contributed by atoms with Crippen molar-refractivity contribution in [3.63, 3.8) is 0 Å². The highest BCUT2D eigenvalue weighted by molar-refractivity contribution is 5.92. The Labute approximate surface area is 165 Å². The first-order valence-electron chi connectivity index (χ1n) is 9.14. The molecule has 1 N–H and O–H groups in total. The maximum absolute atomic E-state index is 12.7. The molecule has 0 aliphatic carbocycles. The monoisotopic (exact) mass is 376 g/mol. The third-order valence-corrected chi connectivity index (χ3v) is 4.37. The summed E-state index contributed by atoms with van der Waals surface area (Å²) < 4.78 is 5.17. The highest BCUT2D eigenvalue weighted by atomic mass is 16.5. The van der Waals surface area contributed by atoms with Crippen LogP contribution in [0.2, 0.25) is 0 Å². The number of aromatic nitrogens is 2. The molecule has 28 heavy (non-hydrogen) atoms. The molecule has 0 fully saturated rings. The van der Waals surface area contributed by atoms with Crippen LogP contribution in [-0.4, -0.2) is 41.5 Å². The molecule has 0 unspecified atom stereocenters. The van der Waals surface area contributed by atoms with Gasteiger partial charge in [0.15, 0.2) is 0 Å². The summed E-state index contributed by atoms with van der Waals surface area (Å²) in [6.45, 7) is 1.24. The highest BCUT2D eigenvalue weighted by Crippen LogP contribution is 2.13. The Kier molecular flexibility index (Phi) is 6.57. The van der Waals surface area contributed by atoms with Crippen molar-refractivity contribution in [2.45, 2.75) is 13.0 Å². The van der Waals surface area contributed by atoms with E-state index >= 15 is 0 Å². The number of benzene rings is 2. The number of rotatable bonds is 8. The van der Waals surface area contributed by atoms with Gasteiger partial charge in [0.1, 0.15) is 23.6 Å². The van der Waals surface area contributed by atoms with Gasteiger partial charge in [-0.2, -0.15) is 0 Å². The van der Waals surface area contributed by atoms with Gasteiger partial charge in [0.05, 0.1) is 7.11 Å². The predicted molar refractivity (Wildman–Crippen MR) is 109 cm³/mol. The van der Waals surface area contributed by atoms with E-state index in [1.54, 1.807) is 25.1 Å². The van der Waals surface area contributed by atoms with Crippen LogP contribution in [0.4, 0.5) is 5.82 Å². The van der Waals surface area contributed by atoms with Gasteiger partial charge >= 0.3 is 0 Å². The fourth-order valence-electron chi connectivity index (χ4n) is 2.82. The lowest BCUT2D eigenvalue weighted by atomic mass is 10.1. The molecule has 6 nitrogen and oxygen atoms in total. The number of carbonyl (C=O) groups is 1. The Bertz CT molecular complexity index is 898. The van der Waals surface area contributed by atoms with E-state index in [0.29, 0.717) is 24.6 Å². The Morgan fingerprint density at radius 2 is 1.79 bits per heavy atom. The van der Waals surface area contributed by atoms with Crippen LogP contribution in [0.15, 0.2) is 67.0 Å². The second kappa shape index (κ2) is 9.50. The smallest absolute Gasteiger partial charge is 0.272 e. The van der Waals surface area contributed by atoms with Crippen LogP contribution in [0, 0.1) is 0 Å². The molecule has 1 amide bonds. The Morgan fingerprint density at radius 1 is 1.04 bits per heavy atom. The molecule has 144 valence electrons. The summed E-state index contributed by atoms with van der Waals surface area (Å²) >= 11 is 0. The fourth-order valence-corrected chi connectivity index (χ4v) is 2.82. The number of nitrogens with one attached hydrogen (secondary N) is 1. The number of anilines is 1. The quantitative estimate of drug-likeness (QED) is 0.653. The minimum atomic E-state index is -0.135. The second-order valence-corrected chi connectivity index (χ2v) is 6.46. The SMILES string of the molecule is COc1ccc(CCNc2cc(C(=O)N(C)Cc3ccccc3)ncn2)cc1. The molecular weight excluding hydrogens is 352 g/mol. The number of ether oxygens (including phenoxy) is 1. The number of methoxy groups -OCH3 is 1. The van der Waals surface area contributed by atoms with Crippen molar-refractivity contribution in [3.05, 3.63) is 83.8 Å². The topological polar surface area (TPSA) is 67.3 Å². The highest BCUT2D eigenvalue weighted by Gasteiger charge is 2.14. The first kappa shape index (κ1) is 19.4. The maximum atomic E-state index is 12.7. The van der Waals surface area contributed by atoms with E-state index in [9.17, 15) is 4.79 Å². The summed E-state index contributed by atoms with van der Waals surface area (Å²) in [4.78, 5) is 22.6. The Hall–Kier alpha value is -3.41. The number of nitrogens with zero attached hydrogens (tertiary/aromatic N) is 3. The standard InChI is InChI=1S/C22H24N4O2/c1-26(15-18-6-4-3-5-7-18)22(27)20-14-21(25-16-24-20)23-13-12-17-8-10-19(28-2)11-9-17/h3-11,14,16H,12-13,15H2,1-2H3,(H,23,24,25). The van der Waals surface area contributed by atoms with Crippen molar-refractivity contribution in [2.75, 3.05) is 26.0 Å². The van der Waals surface area contributed by atoms with E-state index in [0.717, 1.165) is 17.7 Å². The third-order valence-electron chi connectivity index (χ3n) is 4.37. The second-order valence-electron chi connectivity index (χ2n) is 6.46. The lowest BCUT2D eigenvalue weighted by molar-refractivity contribution is 0.0779. The number of hydrogen-bond donors (Lipinski definition) is 1. The summed E-state index contributed by atoms with van der Waals surface area (Å²) in [7, 11) is 3.43. The van der Waals surface area contributed by atoms with Crippen molar-refractivity contribution >= 4 is 11.7 Å². The van der Waals surface area contributed by atoms with Crippen LogP contribution in [-0.2, 0) is 13.0 Å². The number of carbonyl (C=O) groups excluding carboxylic acids is 1. The first-order valence-corrected chi connectivity index (χ1v) is 9.14. The zero-order chi connectivity index (χ0) is 19.8. The van der Waals surface area contributed by atoms with Crippen LogP contribution >= 0.6 is 0 Å². The fraction of sp³-hybridized carbons (Fsp3) is 0.227. The van der Waals surface area contributed by atoms with E-state index in [2.05, 4.69) is 15.3 Å². The van der Waals surface area contributed by atoms with E-state index in [1.807, 2.05) is 54.6 Å². The molecular formula is C22H24N4O2. The summed E-state index contributed by atoms with van der Waals surface area (Å²) in [5, 5.41) is 3.25. The van der Waals surface area contributed by atoms with E-state index < -0.39 is 0 Å². The van der Waals surface area contributed by atoms with Crippen LogP contribution in [0.25, 0.3) is 0 Å². The molecule has 0 bridgehead atoms. The lowest BCUT2D eigenvalue weighted by Gasteiger charge is -2.17. The van der Waals surface area contributed by atoms with Crippen molar-refractivity contribution < 1.29 is 9.53 Å². The molecule has 0 spiro atoms. The molecule has 3 aromatic rings. The van der Waals surface area contributed by atoms with E-state index in [1.165, 1.54) is 11.9 Å². The summed E-state index contributed by atoms with van der Waals surface area (Å²) in [6.07, 6.45) is 2.25. The molecule has 3 rings (SSSR count). The molecule has 0 saturated carbocycles. The van der Waals surface area contributed by atoms with Crippen molar-refractivity contribution in [3.8, 4) is 5.75 Å². The summed E-state index contributed by atoms with van der Waals surface area (Å²) in [5.41, 5.74) is 2.65. The molecule has 0 radical (unpaired) electrons. The number of hydrogen-bond acceptors (Lipinski definition) is 5. The van der Waals surface area contributed by atoms with Gasteiger partial charge in [-0.25, -0.2) is 9.97 Å². The largest absolute Gasteiger partial charge is 0.497 e. The molecule has 2 aromatic carbocycles. The molecule has 0 aliphatic heterocycles. The zero-order valence-corrected chi connectivity index (χ0v) is 16.1. The zero-order valence-electron chi connectivity index (χ0n) is 16.1. The average molecular weight is 376 g/mol. The molecule has 0 atom stereocenters. The molecule has 6 heteroatoms. The van der Waals surface area contributed by atoms with Crippen molar-refractivity contribution in [2.24, 2.45) is 0 Å². The Morgan fingerprint density at radius 3 is 2.50 bits per heavy atom. The molecule has 1 heterocycles. The van der Waals surface area contributed by atoms with Crippen LogP contribution in [0.5, 0.6) is 5.75 Å². The van der Waals surface area contributed by atoms with Crippen LogP contribution in [0.3, 0.4) is 0 Å². The van der Waals surface area contributed by atoms with E-state index in [4.69, 9.17) is 4.74 Å². The molecule has 1 aromatic heterocycles. The van der Waals surface area contributed by atoms with Crippen molar-refractivity contribution in [1.29, 1.82) is 0 Å². The van der Waals surface area contributed by atoms with Crippen molar-refractivity contribution in [1.82, 2.24) is 14.9 Å². The van der Waals surface area contributed by atoms with Gasteiger partial charge in [-0.3, -0.25) is 4.79 Å². The molecule has 0 aliphatic rings. The van der Waals surface area contributed by atoms with Crippen LogP contribution < -0.4 is 10.1 Å². The summed E-state index contributed by atoms with van der Waals surface area (Å²) in [5.74, 6) is 1.35. The van der Waals surface area contributed by atoms with Gasteiger partial charge in [-0.15, -0.1) is 0 Å². The predicted octanol–water partition coefficient (Wildman–Crippen LogP) is 3.41. The summed E-state index contributed by atoms with van der Waals surface area (Å²) in [6, 6.07) is 19.5. The number of amides is 1. The van der Waals surface area contributed by atoms with Gasteiger partial charge in [0.25, 0.3) is 5.91 Å². The van der Waals surface area contributed by atoms with Crippen LogP contribution in [0.1, 0.15) is 21.6 Å². The van der Waals surface area contributed by atoms with Gasteiger partial charge in [0, 0.05) is 26.2 Å². The lowest BCUT2D eigenvalue weighted by Crippen LogP contribution is -2.27. The normalized spacial score (nSPS) is 10.4. The average Bonchev–Trinajstić information content (AvgIpc) is 2.74. The first-order chi connectivity index (χ1) is 13.7. The minimum absolute atomic E-state index is 0.135. The maximum Gasteiger partial charge on any atom is 0.272 e. The van der Waals surface area contributed by atoms with Gasteiger partial charge in [-0.05, 0) is 29.7 Å². The van der Waals surface area contributed by atoms with Gasteiger partial charge < -0.3 is 15.0 Å². The Balaban J connectivity index is 1.55. The third kappa shape index (κ3) is 5.30. The van der Waals surface area contributed by atoms with E-state index in [-0.39, 0.29) is 5.91 Å². The van der Waals surface area contributed by atoms with Gasteiger partial charge in [-0.1, -0.05) is 42.5 Å².